The Kier molecular flexibility index (Phi) is 43.6. The topological polar surface area (TPSA) is 232 Å². The van der Waals surface area contributed by atoms with E-state index in [-0.39, 0.29) is 36.7 Å². The van der Waals surface area contributed by atoms with Crippen molar-refractivity contribution in [3.05, 3.63) is 35.4 Å². The third kappa shape index (κ3) is 36.1. The van der Waals surface area contributed by atoms with Crippen molar-refractivity contribution in [2.24, 2.45) is 0 Å². The van der Waals surface area contributed by atoms with E-state index in [0.717, 1.165) is 115 Å². The molecule has 82 heavy (non-hydrogen) atoms. The van der Waals surface area contributed by atoms with Gasteiger partial charge in [0.15, 0.2) is 17.0 Å². The molecule has 0 atom stereocenters. The number of carbonyl (C=O) groups excluding carboxylic acids is 2. The Labute approximate surface area is 497 Å². The smallest absolute Gasteiger partial charge is 0.330 e. The molecule has 0 aliphatic heterocycles. The van der Waals surface area contributed by atoms with Gasteiger partial charge in [-0.25, -0.2) is 0 Å². The van der Waals surface area contributed by atoms with Crippen LogP contribution >= 0.6 is 7.60 Å². The van der Waals surface area contributed by atoms with Crippen molar-refractivity contribution in [3.8, 4) is 6.01 Å². The zero-order valence-corrected chi connectivity index (χ0v) is 52.9. The highest BCUT2D eigenvalue weighted by atomic mass is 31.2. The summed E-state index contributed by atoms with van der Waals surface area (Å²) in [6.45, 7) is 14.5. The molecule has 2 aromatic heterocycles. The Bertz CT molecular complexity index is 2040. The van der Waals surface area contributed by atoms with Gasteiger partial charge in [0.25, 0.3) is 11.9 Å². The first kappa shape index (κ1) is 72.4. The Morgan fingerprint density at radius 3 is 1.44 bits per heavy atom. The molecular weight excluding hydrogens is 1050 g/mol. The van der Waals surface area contributed by atoms with Crippen LogP contribution in [0.5, 0.6) is 6.01 Å². The van der Waals surface area contributed by atoms with Gasteiger partial charge in [0.1, 0.15) is 0 Å². The summed E-state index contributed by atoms with van der Waals surface area (Å²) in [5.74, 6) is -0.0405. The second-order valence-corrected chi connectivity index (χ2v) is 25.0. The Balaban J connectivity index is 1.17. The number of anilines is 2. The van der Waals surface area contributed by atoms with Crippen LogP contribution in [0.4, 0.5) is 11.8 Å². The van der Waals surface area contributed by atoms with Crippen LogP contribution in [-0.2, 0) is 25.0 Å². The summed E-state index contributed by atoms with van der Waals surface area (Å²) in [4.78, 5) is 38.2. The standard InChI is InChI=1S/C64H118N11O6P/c1-4-7-10-12-14-16-18-20-22-24-26-28-30-34-51-80-82(79,81-52-35-31-29-27-25-23-21-19-17-15-13-11-8-5-2)53-38-48-68-46-36-45-66-43-32-33-44-67-47-37-50-69-58(76)54-71-62(77)57-41-39-56(40-42-57)55-75-61-59(72-64(75)78)60(65)73-63(74-61)70-49-9-6-3/h39-42,66-68H,4-38,43-55H2,1-3H3,(H,69,76)(H,71,77)(H,72,78)(H3,65,70,73,74). The van der Waals surface area contributed by atoms with Gasteiger partial charge in [0.2, 0.25) is 11.9 Å². The van der Waals surface area contributed by atoms with Crippen LogP contribution in [-0.4, -0.2) is 115 Å². The monoisotopic (exact) mass is 1170 g/mol. The van der Waals surface area contributed by atoms with Crippen molar-refractivity contribution in [2.45, 2.75) is 252 Å². The van der Waals surface area contributed by atoms with Crippen LogP contribution in [0.25, 0.3) is 11.2 Å². The summed E-state index contributed by atoms with van der Waals surface area (Å²) < 4.78 is 27.6. The summed E-state index contributed by atoms with van der Waals surface area (Å²) in [7, 11) is -3.11. The number of nitrogens with one attached hydrogen (secondary N) is 6. The van der Waals surface area contributed by atoms with Crippen molar-refractivity contribution >= 4 is 42.3 Å². The molecule has 3 aromatic rings. The maximum absolute atomic E-state index is 13.9. The number of hydrogen-bond donors (Lipinski definition) is 8. The minimum atomic E-state index is -3.11. The number of hydrogen-bond acceptors (Lipinski definition) is 14. The van der Waals surface area contributed by atoms with Crippen LogP contribution in [0.2, 0.25) is 0 Å². The van der Waals surface area contributed by atoms with Crippen LogP contribution in [0.3, 0.4) is 0 Å². The number of carbonyl (C=O) groups is 2. The van der Waals surface area contributed by atoms with Gasteiger partial charge < -0.3 is 51.8 Å². The Morgan fingerprint density at radius 1 is 0.512 bits per heavy atom. The van der Waals surface area contributed by atoms with Crippen LogP contribution in [0, 0.1) is 0 Å². The third-order valence-corrected chi connectivity index (χ3v) is 17.3. The van der Waals surface area contributed by atoms with Crippen LogP contribution in [0.1, 0.15) is 261 Å². The van der Waals surface area contributed by atoms with Crippen molar-refractivity contribution in [1.29, 1.82) is 0 Å². The number of imidazole rings is 1. The van der Waals surface area contributed by atoms with E-state index in [1.165, 1.54) is 154 Å². The molecule has 9 N–H and O–H groups in total. The first-order valence-electron chi connectivity index (χ1n) is 33.3. The first-order chi connectivity index (χ1) is 40.2. The fraction of sp³-hybridized carbons (Fsp3) is 0.797. The van der Waals surface area contributed by atoms with Gasteiger partial charge in [-0.15, -0.1) is 0 Å². The van der Waals surface area contributed by atoms with Gasteiger partial charge in [-0.05, 0) is 108 Å². The van der Waals surface area contributed by atoms with Gasteiger partial charge in [-0.2, -0.15) is 15.0 Å². The maximum Gasteiger partial charge on any atom is 0.330 e. The average molecular weight is 1170 g/mol. The van der Waals surface area contributed by atoms with Gasteiger partial charge in [-0.3, -0.25) is 18.7 Å². The minimum absolute atomic E-state index is 0.116. The van der Waals surface area contributed by atoms with E-state index in [4.69, 9.17) is 14.8 Å². The van der Waals surface area contributed by atoms with Crippen molar-refractivity contribution in [1.82, 2.24) is 46.1 Å². The predicted molar refractivity (Wildman–Crippen MR) is 342 cm³/mol. The highest BCUT2D eigenvalue weighted by Crippen LogP contribution is 2.49. The number of rotatable bonds is 58. The summed E-state index contributed by atoms with van der Waals surface area (Å²) in [5, 5.41) is 29.9. The molecule has 2 heterocycles. The Morgan fingerprint density at radius 2 is 0.951 bits per heavy atom. The lowest BCUT2D eigenvalue weighted by Gasteiger charge is -2.19. The molecule has 470 valence electrons. The van der Waals surface area contributed by atoms with E-state index < -0.39 is 7.60 Å². The second kappa shape index (κ2) is 49.4. The predicted octanol–water partition coefficient (Wildman–Crippen LogP) is 14.1. The fourth-order valence-electron chi connectivity index (χ4n) is 10.1. The highest BCUT2D eigenvalue weighted by Gasteiger charge is 2.24. The number of nitrogens with two attached hydrogens (primary N) is 1. The summed E-state index contributed by atoms with van der Waals surface area (Å²) >= 11 is 0. The van der Waals surface area contributed by atoms with Crippen LogP contribution in [0.15, 0.2) is 24.3 Å². The zero-order chi connectivity index (χ0) is 58.8. The molecule has 0 saturated heterocycles. The van der Waals surface area contributed by atoms with Gasteiger partial charge in [0.05, 0.1) is 32.5 Å². The highest BCUT2D eigenvalue weighted by molar-refractivity contribution is 7.53. The molecule has 3 rings (SSSR count). The number of unbranched alkanes of at least 4 members (excludes halogenated alkanes) is 28. The quantitative estimate of drug-likeness (QED) is 0.0194. The molecule has 0 spiro atoms. The van der Waals surface area contributed by atoms with Crippen molar-refractivity contribution in [2.75, 3.05) is 89.3 Å². The molecule has 0 unspecified atom stereocenters. The molecule has 2 amide bonds. The first-order valence-corrected chi connectivity index (χ1v) is 35.0. The largest absolute Gasteiger partial charge is 0.480 e. The lowest BCUT2D eigenvalue weighted by atomic mass is 10.0. The van der Waals surface area contributed by atoms with Gasteiger partial charge in [-0.1, -0.05) is 206 Å². The molecule has 0 saturated carbocycles. The summed E-state index contributed by atoms with van der Waals surface area (Å²) in [6, 6.07) is 6.70. The zero-order valence-electron chi connectivity index (χ0n) is 52.1. The number of fused-ring (bicyclic) bond motifs is 1. The Hall–Kier alpha value is -3.86. The number of nitrogens with zero attached hydrogens (tertiary/aromatic N) is 4. The third-order valence-electron chi connectivity index (χ3n) is 15.3. The van der Waals surface area contributed by atoms with Gasteiger partial charge in [0, 0.05) is 18.7 Å². The molecule has 0 aliphatic rings. The lowest BCUT2D eigenvalue weighted by molar-refractivity contribution is -0.120. The van der Waals surface area contributed by atoms with Crippen LogP contribution < -0.4 is 37.6 Å². The number of amides is 2. The number of aromatic nitrogens is 4. The summed E-state index contributed by atoms with van der Waals surface area (Å²) in [5.41, 5.74) is 8.07. The van der Waals surface area contributed by atoms with Crippen molar-refractivity contribution < 1.29 is 28.3 Å². The van der Waals surface area contributed by atoms with Gasteiger partial charge >= 0.3 is 7.60 Å². The minimum Gasteiger partial charge on any atom is -0.480 e. The number of aromatic hydroxyl groups is 1. The lowest BCUT2D eigenvalue weighted by Crippen LogP contribution is -2.37. The van der Waals surface area contributed by atoms with E-state index in [0.29, 0.717) is 55.1 Å². The summed E-state index contributed by atoms with van der Waals surface area (Å²) in [6.07, 6.45) is 44.0. The maximum atomic E-state index is 13.9. The molecular formula is C64H118N11O6P. The van der Waals surface area contributed by atoms with E-state index in [1.54, 1.807) is 28.8 Å². The van der Waals surface area contributed by atoms with E-state index in [9.17, 15) is 19.3 Å². The van der Waals surface area contributed by atoms with E-state index in [2.05, 4.69) is 67.6 Å². The normalized spacial score (nSPS) is 11.7. The molecule has 17 nitrogen and oxygen atoms in total. The molecule has 0 radical (unpaired) electrons. The molecule has 0 fully saturated rings. The second-order valence-electron chi connectivity index (χ2n) is 22.8. The number of benzene rings is 1. The number of nitrogen functional groups attached to an aromatic ring is 1. The molecule has 0 aliphatic carbocycles. The molecule has 1 aromatic carbocycles. The molecule has 0 bridgehead atoms. The van der Waals surface area contributed by atoms with E-state index in [1.807, 2.05) is 0 Å². The average Bonchev–Trinajstić information content (AvgIpc) is 4.05. The van der Waals surface area contributed by atoms with Crippen molar-refractivity contribution in [3.63, 3.8) is 0 Å². The molecule has 18 heteroatoms. The fourth-order valence-corrected chi connectivity index (χ4v) is 11.8. The van der Waals surface area contributed by atoms with E-state index >= 15 is 0 Å². The SMILES string of the molecule is CCCCCCCCCCCCCCCCOP(=O)(CCCNCCCNCCCCNCCCNC(=O)CNC(=O)c1ccc(Cn2c(O)nc3c(N)nc(NCCCC)nc32)cc1)OCCCCCCCCCCCCCCCC.